The summed E-state index contributed by atoms with van der Waals surface area (Å²) in [4.78, 5) is 23.6. The van der Waals surface area contributed by atoms with Crippen LogP contribution in [-0.4, -0.2) is 32.2 Å². The Kier molecular flexibility index (Phi) is 8.03. The number of hydrogen-bond donors (Lipinski definition) is 1. The van der Waals surface area contributed by atoms with Crippen LogP contribution >= 0.6 is 11.8 Å². The van der Waals surface area contributed by atoms with Crippen molar-refractivity contribution in [3.05, 3.63) is 83.9 Å². The highest BCUT2D eigenvalue weighted by atomic mass is 32.2. The van der Waals surface area contributed by atoms with Crippen molar-refractivity contribution >= 4 is 30.8 Å². The second-order valence-corrected chi connectivity index (χ2v) is 9.31. The number of amides is 2. The molecule has 1 saturated heterocycles. The SMILES string of the molecule is [B]C1(c2cccc(OCCCOc3ccc(Oc4ccccc4)cc3CCC)c2)SC(=O)NC1=O. The van der Waals surface area contributed by atoms with Gasteiger partial charge in [0.15, 0.2) is 0 Å². The van der Waals surface area contributed by atoms with Crippen LogP contribution in [0.1, 0.15) is 30.9 Å². The second-order valence-electron chi connectivity index (χ2n) is 8.09. The highest BCUT2D eigenvalue weighted by Gasteiger charge is 2.44. The van der Waals surface area contributed by atoms with Crippen molar-refractivity contribution in [1.29, 1.82) is 0 Å². The molecule has 3 aromatic carbocycles. The van der Waals surface area contributed by atoms with E-state index in [0.717, 1.165) is 47.4 Å². The van der Waals surface area contributed by atoms with Crippen molar-refractivity contribution < 1.29 is 23.8 Å². The molecule has 1 unspecified atom stereocenters. The first kappa shape index (κ1) is 24.7. The van der Waals surface area contributed by atoms with Crippen molar-refractivity contribution in [2.75, 3.05) is 13.2 Å². The number of imide groups is 1. The van der Waals surface area contributed by atoms with Gasteiger partial charge >= 0.3 is 0 Å². The normalized spacial score (nSPS) is 17.2. The van der Waals surface area contributed by atoms with Gasteiger partial charge in [-0.05, 0) is 60.0 Å². The lowest BCUT2D eigenvalue weighted by Gasteiger charge is -2.20. The lowest BCUT2D eigenvalue weighted by molar-refractivity contribution is -0.120. The van der Waals surface area contributed by atoms with Crippen molar-refractivity contribution in [3.8, 4) is 23.0 Å². The quantitative estimate of drug-likeness (QED) is 0.281. The minimum atomic E-state index is -1.44. The van der Waals surface area contributed by atoms with E-state index in [4.69, 9.17) is 22.1 Å². The Hall–Kier alpha value is -3.39. The summed E-state index contributed by atoms with van der Waals surface area (Å²) in [5.74, 6) is 2.47. The fourth-order valence-corrected chi connectivity index (χ4v) is 4.52. The second kappa shape index (κ2) is 11.4. The molecule has 0 aromatic heterocycles. The molecule has 3 aromatic rings. The maximum Gasteiger partial charge on any atom is 0.286 e. The molecule has 1 heterocycles. The highest BCUT2D eigenvalue weighted by Crippen LogP contribution is 2.39. The van der Waals surface area contributed by atoms with Crippen LogP contribution < -0.4 is 19.5 Å². The fraction of sp³-hybridized carbons (Fsp3) is 0.259. The summed E-state index contributed by atoms with van der Waals surface area (Å²) in [5.41, 5.74) is 1.62. The van der Waals surface area contributed by atoms with Gasteiger partial charge in [0.05, 0.1) is 17.9 Å². The first-order valence-electron chi connectivity index (χ1n) is 11.5. The van der Waals surface area contributed by atoms with Gasteiger partial charge in [0.2, 0.25) is 5.91 Å². The number of ether oxygens (including phenoxy) is 3. The van der Waals surface area contributed by atoms with Crippen LogP contribution in [0.2, 0.25) is 0 Å². The van der Waals surface area contributed by atoms with E-state index in [1.165, 1.54) is 0 Å². The van der Waals surface area contributed by atoms with Crippen LogP contribution in [-0.2, 0) is 15.9 Å². The Balaban J connectivity index is 1.30. The number of thioether (sulfide) groups is 1. The molecule has 8 heteroatoms. The molecule has 1 aliphatic heterocycles. The molecule has 0 aliphatic carbocycles. The molecule has 0 saturated carbocycles. The van der Waals surface area contributed by atoms with E-state index in [1.54, 1.807) is 24.3 Å². The summed E-state index contributed by atoms with van der Waals surface area (Å²) in [7, 11) is 6.16. The monoisotopic (exact) mass is 487 g/mol. The smallest absolute Gasteiger partial charge is 0.286 e. The largest absolute Gasteiger partial charge is 0.493 e. The molecule has 178 valence electrons. The topological polar surface area (TPSA) is 73.9 Å². The van der Waals surface area contributed by atoms with Gasteiger partial charge < -0.3 is 14.2 Å². The van der Waals surface area contributed by atoms with Crippen molar-refractivity contribution in [1.82, 2.24) is 5.32 Å². The number of carbonyl (C=O) groups is 2. The summed E-state index contributed by atoms with van der Waals surface area (Å²) >= 11 is 0.768. The van der Waals surface area contributed by atoms with Gasteiger partial charge in [0.1, 0.15) is 30.8 Å². The average Bonchev–Trinajstić information content (AvgIpc) is 3.13. The molecule has 1 N–H and O–H groups in total. The molecule has 1 fully saturated rings. The molecule has 2 radical (unpaired) electrons. The number of aryl methyl sites for hydroxylation is 1. The van der Waals surface area contributed by atoms with E-state index in [1.807, 2.05) is 48.5 Å². The highest BCUT2D eigenvalue weighted by molar-refractivity contribution is 8.16. The number of carbonyl (C=O) groups excluding carboxylic acids is 2. The first-order chi connectivity index (χ1) is 17.0. The Morgan fingerprint density at radius 1 is 0.886 bits per heavy atom. The van der Waals surface area contributed by atoms with Crippen LogP contribution in [0, 0.1) is 0 Å². The molecule has 6 nitrogen and oxygen atoms in total. The summed E-state index contributed by atoms with van der Waals surface area (Å²) in [5, 5.41) is 1.77. The van der Waals surface area contributed by atoms with E-state index in [2.05, 4.69) is 12.2 Å². The summed E-state index contributed by atoms with van der Waals surface area (Å²) < 4.78 is 16.4. The van der Waals surface area contributed by atoms with Gasteiger partial charge in [-0.15, -0.1) is 0 Å². The van der Waals surface area contributed by atoms with Gasteiger partial charge in [0, 0.05) is 6.42 Å². The summed E-state index contributed by atoms with van der Waals surface area (Å²) in [6.07, 6.45) is 2.55. The fourth-order valence-electron chi connectivity index (χ4n) is 3.69. The van der Waals surface area contributed by atoms with Crippen molar-refractivity contribution in [3.63, 3.8) is 0 Å². The van der Waals surface area contributed by atoms with Gasteiger partial charge in [-0.25, -0.2) is 0 Å². The number of nitrogens with one attached hydrogen (secondary N) is 1. The third-order valence-corrected chi connectivity index (χ3v) is 6.45. The van der Waals surface area contributed by atoms with E-state index >= 15 is 0 Å². The van der Waals surface area contributed by atoms with E-state index in [-0.39, 0.29) is 0 Å². The van der Waals surface area contributed by atoms with Crippen LogP contribution in [0.5, 0.6) is 23.0 Å². The zero-order valence-electron chi connectivity index (χ0n) is 19.5. The van der Waals surface area contributed by atoms with Crippen LogP contribution in [0.25, 0.3) is 0 Å². The lowest BCUT2D eigenvalue weighted by Crippen LogP contribution is -2.34. The maximum absolute atomic E-state index is 12.1. The summed E-state index contributed by atoms with van der Waals surface area (Å²) in [6, 6.07) is 22.5. The van der Waals surface area contributed by atoms with E-state index < -0.39 is 15.8 Å². The lowest BCUT2D eigenvalue weighted by atomic mass is 9.79. The number of benzene rings is 3. The molecule has 0 spiro atoms. The summed E-state index contributed by atoms with van der Waals surface area (Å²) in [6.45, 7) is 3.05. The van der Waals surface area contributed by atoms with Gasteiger partial charge in [-0.2, -0.15) is 0 Å². The molecule has 4 rings (SSSR count). The van der Waals surface area contributed by atoms with Crippen molar-refractivity contribution in [2.24, 2.45) is 0 Å². The van der Waals surface area contributed by atoms with Crippen LogP contribution in [0.15, 0.2) is 72.8 Å². The third-order valence-electron chi connectivity index (χ3n) is 5.41. The first-order valence-corrected chi connectivity index (χ1v) is 12.3. The Bertz CT molecular complexity index is 1190. The molecular weight excluding hydrogens is 461 g/mol. The zero-order valence-corrected chi connectivity index (χ0v) is 20.3. The molecule has 0 bridgehead atoms. The molecule has 1 atom stereocenters. The third kappa shape index (κ3) is 6.19. The number of rotatable bonds is 11. The molecule has 1 aliphatic rings. The average molecular weight is 487 g/mol. The molecule has 2 amide bonds. The predicted molar refractivity (Wildman–Crippen MR) is 138 cm³/mol. The van der Waals surface area contributed by atoms with Gasteiger partial charge in [0.25, 0.3) is 5.24 Å². The Morgan fingerprint density at radius 2 is 1.66 bits per heavy atom. The molecular formula is C27H26BNO5S. The van der Waals surface area contributed by atoms with Gasteiger partial charge in [-0.1, -0.05) is 55.4 Å². The number of para-hydroxylation sites is 1. The number of hydrogen-bond acceptors (Lipinski definition) is 6. The van der Waals surface area contributed by atoms with Crippen molar-refractivity contribution in [2.45, 2.75) is 30.8 Å². The zero-order chi connectivity index (χ0) is 24.7. The molecule has 35 heavy (non-hydrogen) atoms. The van der Waals surface area contributed by atoms with Crippen LogP contribution in [0.4, 0.5) is 4.79 Å². The van der Waals surface area contributed by atoms with E-state index in [0.29, 0.717) is 30.9 Å². The minimum absolute atomic E-state index is 0.428. The Labute approximate surface area is 210 Å². The van der Waals surface area contributed by atoms with Crippen LogP contribution in [0.3, 0.4) is 0 Å². The predicted octanol–water partition coefficient (Wildman–Crippen LogP) is 5.58. The van der Waals surface area contributed by atoms with Gasteiger partial charge in [-0.3, -0.25) is 14.9 Å². The Morgan fingerprint density at radius 3 is 2.40 bits per heavy atom. The standard InChI is InChI=1S/C27H26BNO5S/c1-2-8-19-17-23(34-21-10-4-3-5-11-21)13-14-24(19)33-16-7-15-32-22-12-6-9-20(18-22)27(28)25(30)29-26(31)35-27/h3-6,9-14,17-18H,2,7-8,15-16H2,1H3,(H,29,30,31). The van der Waals surface area contributed by atoms with E-state index in [9.17, 15) is 9.59 Å². The minimum Gasteiger partial charge on any atom is -0.493 e. The maximum atomic E-state index is 12.1.